The highest BCUT2D eigenvalue weighted by atomic mass is 32.2. The number of carbonyl (C=O) groups is 1. The second-order valence-electron chi connectivity index (χ2n) is 7.23. The third-order valence-corrected chi connectivity index (χ3v) is 6.61. The van der Waals surface area contributed by atoms with Gasteiger partial charge in [-0.3, -0.25) is 9.59 Å². The number of hydrogen-bond acceptors (Lipinski definition) is 5. The lowest BCUT2D eigenvalue weighted by atomic mass is 10.1. The molecule has 0 aliphatic heterocycles. The minimum Gasteiger partial charge on any atom is -0.341 e. The number of thioether (sulfide) groups is 1. The van der Waals surface area contributed by atoms with Crippen molar-refractivity contribution in [1.82, 2.24) is 14.9 Å². The van der Waals surface area contributed by atoms with Crippen LogP contribution in [0, 0.1) is 12.7 Å². The molecule has 0 fully saturated rings. The minimum absolute atomic E-state index is 0.0495. The fourth-order valence-electron chi connectivity index (χ4n) is 3.14. The van der Waals surface area contributed by atoms with Crippen molar-refractivity contribution in [3.63, 3.8) is 0 Å². The first-order valence-corrected chi connectivity index (χ1v) is 11.5. The summed E-state index contributed by atoms with van der Waals surface area (Å²) >= 11 is 2.56. The van der Waals surface area contributed by atoms with Gasteiger partial charge in [0.15, 0.2) is 5.16 Å². The van der Waals surface area contributed by atoms with Crippen molar-refractivity contribution >= 4 is 39.2 Å². The van der Waals surface area contributed by atoms with Crippen LogP contribution in [0.25, 0.3) is 21.3 Å². The van der Waals surface area contributed by atoms with Crippen molar-refractivity contribution in [2.75, 3.05) is 12.8 Å². The van der Waals surface area contributed by atoms with Gasteiger partial charge in [0.05, 0.1) is 11.1 Å². The van der Waals surface area contributed by atoms with Gasteiger partial charge in [0.2, 0.25) is 5.91 Å². The first kappa shape index (κ1) is 21.3. The van der Waals surface area contributed by atoms with Crippen molar-refractivity contribution in [3.05, 3.63) is 81.2 Å². The van der Waals surface area contributed by atoms with Crippen LogP contribution in [0.4, 0.5) is 4.39 Å². The first-order valence-electron chi connectivity index (χ1n) is 9.60. The molecule has 2 aromatic carbocycles. The van der Waals surface area contributed by atoms with E-state index in [1.807, 2.05) is 36.6 Å². The predicted octanol–water partition coefficient (Wildman–Crippen LogP) is 4.85. The van der Waals surface area contributed by atoms with Gasteiger partial charge in [-0.15, -0.1) is 11.3 Å². The van der Waals surface area contributed by atoms with Crippen LogP contribution in [0.5, 0.6) is 0 Å². The zero-order chi connectivity index (χ0) is 22.0. The lowest BCUT2D eigenvalue weighted by Crippen LogP contribution is -2.28. The largest absolute Gasteiger partial charge is 0.341 e. The number of amides is 1. The second kappa shape index (κ2) is 9.03. The maximum atomic E-state index is 13.2. The summed E-state index contributed by atoms with van der Waals surface area (Å²) in [6.45, 7) is 2.55. The molecule has 0 radical (unpaired) electrons. The molecule has 0 saturated carbocycles. The standard InChI is InChI=1S/C23H20FN3O2S2/c1-14-3-5-15(6-4-14)11-27(2)19(28)13-31-23-25-21(29)20-18(12-30-22(20)26-23)16-7-9-17(24)10-8-16/h3-10,12H,11,13H2,1-2H3,(H,25,26,29). The molecule has 8 heteroatoms. The molecule has 1 N–H and O–H groups in total. The zero-order valence-electron chi connectivity index (χ0n) is 17.0. The molecule has 0 atom stereocenters. The molecule has 0 saturated heterocycles. The number of carbonyl (C=O) groups excluding carboxylic acids is 1. The monoisotopic (exact) mass is 453 g/mol. The van der Waals surface area contributed by atoms with E-state index in [9.17, 15) is 14.0 Å². The summed E-state index contributed by atoms with van der Waals surface area (Å²) in [7, 11) is 1.76. The number of halogens is 1. The number of rotatable bonds is 6. The third kappa shape index (κ3) is 4.86. The van der Waals surface area contributed by atoms with Crippen LogP contribution in [-0.4, -0.2) is 33.6 Å². The van der Waals surface area contributed by atoms with E-state index < -0.39 is 0 Å². The fourth-order valence-corrected chi connectivity index (χ4v) is 4.94. The van der Waals surface area contributed by atoms with Crippen LogP contribution in [0.3, 0.4) is 0 Å². The summed E-state index contributed by atoms with van der Waals surface area (Å²) in [5, 5.41) is 2.72. The summed E-state index contributed by atoms with van der Waals surface area (Å²) in [5.41, 5.74) is 3.45. The average molecular weight is 454 g/mol. The molecular weight excluding hydrogens is 433 g/mol. The summed E-state index contributed by atoms with van der Waals surface area (Å²) < 4.78 is 13.2. The van der Waals surface area contributed by atoms with Crippen LogP contribution >= 0.6 is 23.1 Å². The van der Waals surface area contributed by atoms with Crippen LogP contribution < -0.4 is 5.56 Å². The van der Waals surface area contributed by atoms with E-state index in [1.165, 1.54) is 40.8 Å². The van der Waals surface area contributed by atoms with E-state index in [4.69, 9.17) is 0 Å². The Labute approximate surface area is 187 Å². The van der Waals surface area contributed by atoms with Gasteiger partial charge in [-0.05, 0) is 30.2 Å². The van der Waals surface area contributed by atoms with Crippen LogP contribution in [0.1, 0.15) is 11.1 Å². The topological polar surface area (TPSA) is 66.1 Å². The Hall–Kier alpha value is -2.97. The van der Waals surface area contributed by atoms with E-state index in [2.05, 4.69) is 9.97 Å². The second-order valence-corrected chi connectivity index (χ2v) is 9.05. The molecule has 31 heavy (non-hydrogen) atoms. The van der Waals surface area contributed by atoms with E-state index in [0.717, 1.165) is 16.7 Å². The van der Waals surface area contributed by atoms with Crippen LogP contribution in [0.2, 0.25) is 0 Å². The minimum atomic E-state index is -0.328. The number of H-pyrrole nitrogens is 1. The summed E-state index contributed by atoms with van der Waals surface area (Å²) in [4.78, 5) is 34.7. The molecule has 0 unspecified atom stereocenters. The maximum Gasteiger partial charge on any atom is 0.260 e. The van der Waals surface area contributed by atoms with Crippen molar-refractivity contribution in [1.29, 1.82) is 0 Å². The number of aryl methyl sites for hydroxylation is 1. The van der Waals surface area contributed by atoms with Gasteiger partial charge >= 0.3 is 0 Å². The number of aromatic nitrogens is 2. The van der Waals surface area contributed by atoms with Gasteiger partial charge < -0.3 is 9.88 Å². The molecule has 4 rings (SSSR count). The highest BCUT2D eigenvalue weighted by Crippen LogP contribution is 2.31. The van der Waals surface area contributed by atoms with E-state index >= 15 is 0 Å². The molecule has 2 heterocycles. The van der Waals surface area contributed by atoms with Crippen LogP contribution in [0.15, 0.2) is 63.9 Å². The summed E-state index contributed by atoms with van der Waals surface area (Å²) in [5.74, 6) is -0.204. The van der Waals surface area contributed by atoms with Crippen molar-refractivity contribution in [2.24, 2.45) is 0 Å². The fraction of sp³-hybridized carbons (Fsp3) is 0.174. The number of benzene rings is 2. The molecule has 0 aliphatic rings. The predicted molar refractivity (Wildman–Crippen MR) is 124 cm³/mol. The molecule has 1 amide bonds. The molecule has 0 spiro atoms. The molecule has 2 aromatic heterocycles. The number of nitrogens with zero attached hydrogens (tertiary/aromatic N) is 2. The molecule has 158 valence electrons. The van der Waals surface area contributed by atoms with E-state index in [1.54, 1.807) is 24.1 Å². The number of nitrogens with one attached hydrogen (secondary N) is 1. The molecular formula is C23H20FN3O2S2. The van der Waals surface area contributed by atoms with Crippen molar-refractivity contribution < 1.29 is 9.18 Å². The first-order chi connectivity index (χ1) is 14.9. The average Bonchev–Trinajstić information content (AvgIpc) is 3.19. The molecule has 0 bridgehead atoms. The summed E-state index contributed by atoms with van der Waals surface area (Å²) in [6, 6.07) is 14.1. The quantitative estimate of drug-likeness (QED) is 0.335. The highest BCUT2D eigenvalue weighted by Gasteiger charge is 2.15. The van der Waals surface area contributed by atoms with Crippen LogP contribution in [-0.2, 0) is 11.3 Å². The van der Waals surface area contributed by atoms with E-state index in [-0.39, 0.29) is 23.0 Å². The summed E-state index contributed by atoms with van der Waals surface area (Å²) in [6.07, 6.45) is 0. The molecule has 5 nitrogen and oxygen atoms in total. The van der Waals surface area contributed by atoms with Gasteiger partial charge in [-0.25, -0.2) is 9.37 Å². The van der Waals surface area contributed by atoms with E-state index in [0.29, 0.717) is 21.9 Å². The Morgan fingerprint density at radius 1 is 1.16 bits per heavy atom. The SMILES string of the molecule is Cc1ccc(CN(C)C(=O)CSc2nc3scc(-c4ccc(F)cc4)c3c(=O)[nH]2)cc1. The third-order valence-electron chi connectivity index (χ3n) is 4.88. The van der Waals surface area contributed by atoms with Gasteiger partial charge in [0.1, 0.15) is 10.6 Å². The van der Waals surface area contributed by atoms with Gasteiger partial charge in [-0.2, -0.15) is 0 Å². The Morgan fingerprint density at radius 2 is 1.87 bits per heavy atom. The number of aromatic amines is 1. The molecule has 4 aromatic rings. The van der Waals surface area contributed by atoms with Crippen molar-refractivity contribution in [3.8, 4) is 11.1 Å². The normalized spacial score (nSPS) is 11.1. The maximum absolute atomic E-state index is 13.2. The Balaban J connectivity index is 1.46. The highest BCUT2D eigenvalue weighted by molar-refractivity contribution is 7.99. The lowest BCUT2D eigenvalue weighted by Gasteiger charge is -2.17. The Morgan fingerprint density at radius 3 is 2.58 bits per heavy atom. The Kier molecular flexibility index (Phi) is 6.20. The van der Waals surface area contributed by atoms with Gasteiger partial charge in [0, 0.05) is 24.5 Å². The number of thiophene rings is 1. The van der Waals surface area contributed by atoms with Gasteiger partial charge in [-0.1, -0.05) is 53.7 Å². The smallest absolute Gasteiger partial charge is 0.260 e. The number of fused-ring (bicyclic) bond motifs is 1. The van der Waals surface area contributed by atoms with Crippen molar-refractivity contribution in [2.45, 2.75) is 18.6 Å². The number of hydrogen-bond donors (Lipinski definition) is 1. The Bertz CT molecular complexity index is 1280. The molecule has 0 aliphatic carbocycles. The van der Waals surface area contributed by atoms with Gasteiger partial charge in [0.25, 0.3) is 5.56 Å². The lowest BCUT2D eigenvalue weighted by molar-refractivity contribution is -0.127. The zero-order valence-corrected chi connectivity index (χ0v) is 18.6.